The van der Waals surface area contributed by atoms with Crippen LogP contribution in [0.2, 0.25) is 0 Å². The van der Waals surface area contributed by atoms with Crippen LogP contribution < -0.4 is 10.2 Å². The van der Waals surface area contributed by atoms with Crippen LogP contribution in [-0.2, 0) is 17.9 Å². The van der Waals surface area contributed by atoms with Crippen molar-refractivity contribution >= 4 is 5.69 Å². The molecule has 3 aromatic carbocycles. The Bertz CT molecular complexity index is 820. The molecule has 0 amide bonds. The fraction of sp³-hybridized carbons (Fsp3) is 0.280. The molecular formula is C25H30N2O. The van der Waals surface area contributed by atoms with Gasteiger partial charge in [0.05, 0.1) is 12.7 Å². The Labute approximate surface area is 169 Å². The maximum Gasteiger partial charge on any atom is 0.0841 e. The first-order valence-electron chi connectivity index (χ1n) is 9.91. The first kappa shape index (κ1) is 20.1. The van der Waals surface area contributed by atoms with Crippen molar-refractivity contribution in [2.24, 2.45) is 0 Å². The van der Waals surface area contributed by atoms with Gasteiger partial charge in [-0.05, 0) is 48.8 Å². The molecule has 3 heteroatoms. The third-order valence-electron chi connectivity index (χ3n) is 4.89. The zero-order valence-corrected chi connectivity index (χ0v) is 16.8. The van der Waals surface area contributed by atoms with Gasteiger partial charge in [-0.2, -0.15) is 0 Å². The summed E-state index contributed by atoms with van der Waals surface area (Å²) in [5, 5.41) is 3.23. The highest BCUT2D eigenvalue weighted by Crippen LogP contribution is 2.24. The van der Waals surface area contributed by atoms with E-state index in [9.17, 15) is 0 Å². The largest absolute Gasteiger partial charge is 0.370 e. The van der Waals surface area contributed by atoms with Crippen LogP contribution in [-0.4, -0.2) is 20.6 Å². The summed E-state index contributed by atoms with van der Waals surface area (Å²) in [5.41, 5.74) is 4.94. The number of nitrogens with one attached hydrogen (secondary N) is 1. The lowest BCUT2D eigenvalue weighted by Crippen LogP contribution is -2.16. The predicted octanol–water partition coefficient (Wildman–Crippen LogP) is 5.19. The third-order valence-corrected chi connectivity index (χ3v) is 4.89. The number of nitrogens with zero attached hydrogens (tertiary/aromatic N) is 1. The number of anilines is 1. The van der Waals surface area contributed by atoms with Crippen LogP contribution in [0, 0.1) is 0 Å². The van der Waals surface area contributed by atoms with Gasteiger partial charge in [0.1, 0.15) is 0 Å². The van der Waals surface area contributed by atoms with Gasteiger partial charge in [-0.25, -0.2) is 0 Å². The van der Waals surface area contributed by atoms with E-state index in [1.54, 1.807) is 0 Å². The van der Waals surface area contributed by atoms with Crippen molar-refractivity contribution in [3.05, 3.63) is 102 Å². The molecule has 0 saturated carbocycles. The first-order valence-corrected chi connectivity index (χ1v) is 9.91. The Balaban J connectivity index is 1.64. The highest BCUT2D eigenvalue weighted by Gasteiger charge is 2.12. The van der Waals surface area contributed by atoms with Crippen LogP contribution in [0.1, 0.15) is 29.2 Å². The van der Waals surface area contributed by atoms with E-state index in [2.05, 4.69) is 96.1 Å². The Morgan fingerprint density at radius 3 is 2.25 bits per heavy atom. The first-order chi connectivity index (χ1) is 13.8. The molecule has 0 aromatic heterocycles. The molecule has 1 unspecified atom stereocenters. The fourth-order valence-electron chi connectivity index (χ4n) is 3.32. The quantitative estimate of drug-likeness (QED) is 0.528. The van der Waals surface area contributed by atoms with Gasteiger partial charge in [-0.1, -0.05) is 72.8 Å². The Morgan fingerprint density at radius 1 is 0.857 bits per heavy atom. The smallest absolute Gasteiger partial charge is 0.0841 e. The lowest BCUT2D eigenvalue weighted by atomic mass is 10.1. The van der Waals surface area contributed by atoms with E-state index in [0.29, 0.717) is 6.61 Å². The fourth-order valence-corrected chi connectivity index (χ4v) is 3.32. The molecule has 146 valence electrons. The predicted molar refractivity (Wildman–Crippen MR) is 118 cm³/mol. The zero-order valence-electron chi connectivity index (χ0n) is 16.8. The summed E-state index contributed by atoms with van der Waals surface area (Å²) in [6.45, 7) is 2.43. The average Bonchev–Trinajstić information content (AvgIpc) is 2.75. The monoisotopic (exact) mass is 374 g/mol. The number of hydrogen-bond donors (Lipinski definition) is 1. The van der Waals surface area contributed by atoms with Crippen molar-refractivity contribution in [2.45, 2.75) is 25.7 Å². The lowest BCUT2D eigenvalue weighted by Gasteiger charge is -2.21. The zero-order chi connectivity index (χ0) is 19.6. The number of ether oxygens (including phenoxy) is 1. The second-order valence-electron chi connectivity index (χ2n) is 7.11. The molecule has 0 heterocycles. The van der Waals surface area contributed by atoms with Crippen molar-refractivity contribution in [1.29, 1.82) is 0 Å². The van der Waals surface area contributed by atoms with Crippen molar-refractivity contribution < 1.29 is 4.74 Å². The Morgan fingerprint density at radius 2 is 1.54 bits per heavy atom. The van der Waals surface area contributed by atoms with E-state index in [1.807, 2.05) is 13.1 Å². The van der Waals surface area contributed by atoms with E-state index >= 15 is 0 Å². The van der Waals surface area contributed by atoms with Gasteiger partial charge in [-0.3, -0.25) is 0 Å². The third kappa shape index (κ3) is 5.95. The molecule has 0 spiro atoms. The second-order valence-corrected chi connectivity index (χ2v) is 7.11. The molecule has 1 N–H and O–H groups in total. The summed E-state index contributed by atoms with van der Waals surface area (Å²) in [6, 6.07) is 29.7. The summed E-state index contributed by atoms with van der Waals surface area (Å²) >= 11 is 0. The molecule has 0 fully saturated rings. The number of hydrogen-bond acceptors (Lipinski definition) is 3. The minimum absolute atomic E-state index is 0.0966. The van der Waals surface area contributed by atoms with Gasteiger partial charge in [0, 0.05) is 19.3 Å². The summed E-state index contributed by atoms with van der Waals surface area (Å²) < 4.78 is 6.31. The van der Waals surface area contributed by atoms with Gasteiger partial charge >= 0.3 is 0 Å². The molecule has 1 atom stereocenters. The van der Waals surface area contributed by atoms with Gasteiger partial charge in [0.2, 0.25) is 0 Å². The molecule has 28 heavy (non-hydrogen) atoms. The standard InChI is InChI=1S/C25H30N2O/c1-26-17-16-25(23-13-7-4-8-14-23)28-20-22-12-9-15-24(18-22)27(2)19-21-10-5-3-6-11-21/h3-15,18,25-26H,16-17,19-20H2,1-2H3. The van der Waals surface area contributed by atoms with Crippen molar-refractivity contribution in [1.82, 2.24) is 5.32 Å². The molecule has 0 bridgehead atoms. The van der Waals surface area contributed by atoms with E-state index < -0.39 is 0 Å². The maximum absolute atomic E-state index is 6.31. The van der Waals surface area contributed by atoms with Crippen molar-refractivity contribution in [3.8, 4) is 0 Å². The normalized spacial score (nSPS) is 11.9. The second kappa shape index (κ2) is 10.6. The summed E-state index contributed by atoms with van der Waals surface area (Å²) in [6.07, 6.45) is 1.05. The van der Waals surface area contributed by atoms with E-state index in [-0.39, 0.29) is 6.10 Å². The molecule has 0 aliphatic rings. The minimum Gasteiger partial charge on any atom is -0.370 e. The summed E-state index contributed by atoms with van der Waals surface area (Å²) in [4.78, 5) is 2.27. The Kier molecular flexibility index (Phi) is 7.65. The Hall–Kier alpha value is -2.62. The highest BCUT2D eigenvalue weighted by atomic mass is 16.5. The maximum atomic E-state index is 6.31. The van der Waals surface area contributed by atoms with Crippen molar-refractivity contribution in [2.75, 3.05) is 25.5 Å². The van der Waals surface area contributed by atoms with E-state index in [1.165, 1.54) is 22.4 Å². The average molecular weight is 375 g/mol. The number of benzene rings is 3. The summed E-state index contributed by atoms with van der Waals surface area (Å²) in [5.74, 6) is 0. The van der Waals surface area contributed by atoms with Gasteiger partial charge in [0.25, 0.3) is 0 Å². The van der Waals surface area contributed by atoms with Crippen LogP contribution >= 0.6 is 0 Å². The van der Waals surface area contributed by atoms with Crippen LogP contribution in [0.3, 0.4) is 0 Å². The molecule has 0 aliphatic heterocycles. The minimum atomic E-state index is 0.0966. The molecule has 3 nitrogen and oxygen atoms in total. The topological polar surface area (TPSA) is 24.5 Å². The lowest BCUT2D eigenvalue weighted by molar-refractivity contribution is 0.0344. The SMILES string of the molecule is CNCCC(OCc1cccc(N(C)Cc2ccccc2)c1)c1ccccc1. The van der Waals surface area contributed by atoms with Gasteiger partial charge in [-0.15, -0.1) is 0 Å². The molecule has 3 rings (SSSR count). The summed E-state index contributed by atoms with van der Waals surface area (Å²) in [7, 11) is 4.11. The van der Waals surface area contributed by atoms with Crippen LogP contribution in [0.5, 0.6) is 0 Å². The molecule has 0 radical (unpaired) electrons. The molecular weight excluding hydrogens is 344 g/mol. The number of rotatable bonds is 10. The van der Waals surface area contributed by atoms with Crippen LogP contribution in [0.15, 0.2) is 84.9 Å². The highest BCUT2D eigenvalue weighted by molar-refractivity contribution is 5.48. The van der Waals surface area contributed by atoms with Crippen LogP contribution in [0.4, 0.5) is 5.69 Å². The van der Waals surface area contributed by atoms with E-state index in [0.717, 1.165) is 19.5 Å². The molecule has 3 aromatic rings. The molecule has 0 saturated heterocycles. The van der Waals surface area contributed by atoms with Crippen molar-refractivity contribution in [3.63, 3.8) is 0 Å². The van der Waals surface area contributed by atoms with Gasteiger partial charge in [0.15, 0.2) is 0 Å². The van der Waals surface area contributed by atoms with Gasteiger partial charge < -0.3 is 15.0 Å². The van der Waals surface area contributed by atoms with E-state index in [4.69, 9.17) is 4.74 Å². The molecule has 0 aliphatic carbocycles. The van der Waals surface area contributed by atoms with Crippen LogP contribution in [0.25, 0.3) is 0 Å².